The first kappa shape index (κ1) is 12.9. The second-order valence-electron chi connectivity index (χ2n) is 2.54. The van der Waals surface area contributed by atoms with Crippen molar-refractivity contribution in [1.82, 2.24) is 0 Å². The Balaban J connectivity index is 3.47. The highest BCUT2D eigenvalue weighted by Crippen LogP contribution is 2.29. The summed E-state index contributed by atoms with van der Waals surface area (Å²) in [6, 6.07) is 0.821. The molecule has 1 aromatic heterocycles. The van der Waals surface area contributed by atoms with Gasteiger partial charge in [-0.15, -0.1) is 11.3 Å². The number of esters is 1. The SMILES string of the molecule is COC(=O)c1sc(C(=O)O)cc1S(=O)(=O)Cl. The zero-order valence-electron chi connectivity index (χ0n) is 7.76. The Morgan fingerprint density at radius 2 is 2.06 bits per heavy atom. The second kappa shape index (κ2) is 4.40. The molecule has 0 unspecified atom stereocenters. The molecule has 0 aliphatic rings. The molecule has 0 saturated heterocycles. The lowest BCUT2D eigenvalue weighted by Gasteiger charge is -1.96. The highest BCUT2D eigenvalue weighted by Gasteiger charge is 2.27. The van der Waals surface area contributed by atoms with Crippen LogP contribution in [-0.4, -0.2) is 32.6 Å². The molecule has 1 N–H and O–H groups in total. The van der Waals surface area contributed by atoms with E-state index in [9.17, 15) is 18.0 Å². The van der Waals surface area contributed by atoms with Crippen LogP contribution in [0.25, 0.3) is 0 Å². The second-order valence-corrected chi connectivity index (χ2v) is 6.13. The molecule has 1 rings (SSSR count). The number of methoxy groups -OCH3 is 1. The first-order valence-electron chi connectivity index (χ1n) is 3.67. The largest absolute Gasteiger partial charge is 0.477 e. The first-order valence-corrected chi connectivity index (χ1v) is 6.80. The van der Waals surface area contributed by atoms with Crippen LogP contribution in [0.4, 0.5) is 0 Å². The van der Waals surface area contributed by atoms with Crippen molar-refractivity contribution in [3.05, 3.63) is 15.8 Å². The van der Waals surface area contributed by atoms with E-state index >= 15 is 0 Å². The smallest absolute Gasteiger partial charge is 0.349 e. The van der Waals surface area contributed by atoms with E-state index in [-0.39, 0.29) is 9.75 Å². The molecule has 0 aromatic carbocycles. The molecule has 0 saturated carbocycles. The van der Waals surface area contributed by atoms with Gasteiger partial charge in [0.25, 0.3) is 9.05 Å². The molecule has 0 fully saturated rings. The van der Waals surface area contributed by atoms with Crippen molar-refractivity contribution in [1.29, 1.82) is 0 Å². The van der Waals surface area contributed by atoms with Gasteiger partial charge in [-0.3, -0.25) is 0 Å². The molecule has 0 aliphatic heterocycles. The number of hydrogen-bond acceptors (Lipinski definition) is 6. The third-order valence-electron chi connectivity index (χ3n) is 1.54. The fourth-order valence-corrected chi connectivity index (χ4v) is 3.30. The summed E-state index contributed by atoms with van der Waals surface area (Å²) in [6.45, 7) is 0. The Hall–Kier alpha value is -1.12. The van der Waals surface area contributed by atoms with E-state index in [1.165, 1.54) is 0 Å². The highest BCUT2D eigenvalue weighted by molar-refractivity contribution is 8.13. The van der Waals surface area contributed by atoms with Crippen LogP contribution >= 0.6 is 22.0 Å². The maximum atomic E-state index is 11.2. The van der Waals surface area contributed by atoms with Crippen molar-refractivity contribution in [2.24, 2.45) is 0 Å². The number of carboxylic acid groups (broad SMARTS) is 1. The third-order valence-corrected chi connectivity index (χ3v) is 4.12. The normalized spacial score (nSPS) is 11.1. The number of carbonyl (C=O) groups excluding carboxylic acids is 1. The van der Waals surface area contributed by atoms with Crippen LogP contribution in [0.1, 0.15) is 19.3 Å². The van der Waals surface area contributed by atoms with Gasteiger partial charge in [0.05, 0.1) is 7.11 Å². The van der Waals surface area contributed by atoms with Gasteiger partial charge in [0.1, 0.15) is 14.6 Å². The molecule has 9 heteroatoms. The molecule has 0 radical (unpaired) electrons. The van der Waals surface area contributed by atoms with Gasteiger partial charge in [-0.25, -0.2) is 18.0 Å². The Kier molecular flexibility index (Phi) is 3.56. The summed E-state index contributed by atoms with van der Waals surface area (Å²) in [6.07, 6.45) is 0. The fourth-order valence-electron chi connectivity index (χ4n) is 0.896. The lowest BCUT2D eigenvalue weighted by atomic mass is 10.4. The zero-order valence-corrected chi connectivity index (χ0v) is 10.1. The predicted molar refractivity (Wildman–Crippen MR) is 55.7 cm³/mol. The number of ether oxygens (including phenoxy) is 1. The van der Waals surface area contributed by atoms with Gasteiger partial charge in [-0.2, -0.15) is 0 Å². The Bertz CT molecular complexity index is 543. The monoisotopic (exact) mass is 284 g/mol. The van der Waals surface area contributed by atoms with Crippen molar-refractivity contribution in [3.63, 3.8) is 0 Å². The van der Waals surface area contributed by atoms with Gasteiger partial charge in [0.15, 0.2) is 0 Å². The highest BCUT2D eigenvalue weighted by atomic mass is 35.7. The van der Waals surface area contributed by atoms with Gasteiger partial charge < -0.3 is 9.84 Å². The number of aromatic carboxylic acids is 1. The predicted octanol–water partition coefficient (Wildman–Crippen LogP) is 1.16. The molecular formula is C7H5ClO6S2. The maximum absolute atomic E-state index is 11.2. The summed E-state index contributed by atoms with van der Waals surface area (Å²) in [5.74, 6) is -2.29. The van der Waals surface area contributed by atoms with E-state index < -0.39 is 25.9 Å². The van der Waals surface area contributed by atoms with Crippen molar-refractivity contribution in [2.45, 2.75) is 4.90 Å². The van der Waals surface area contributed by atoms with Crippen LogP contribution < -0.4 is 0 Å². The minimum Gasteiger partial charge on any atom is -0.477 e. The average molecular weight is 285 g/mol. The van der Waals surface area contributed by atoms with Gasteiger partial charge in [0.2, 0.25) is 0 Å². The van der Waals surface area contributed by atoms with E-state index in [4.69, 9.17) is 15.8 Å². The molecule has 16 heavy (non-hydrogen) atoms. The fraction of sp³-hybridized carbons (Fsp3) is 0.143. The third kappa shape index (κ3) is 2.52. The van der Waals surface area contributed by atoms with Gasteiger partial charge >= 0.3 is 11.9 Å². The summed E-state index contributed by atoms with van der Waals surface area (Å²) in [4.78, 5) is 20.6. The average Bonchev–Trinajstić information content (AvgIpc) is 2.60. The Labute approximate surface area is 98.8 Å². The number of rotatable bonds is 3. The summed E-state index contributed by atoms with van der Waals surface area (Å²) in [7, 11) is 1.93. The minimum atomic E-state index is -4.18. The molecular weight excluding hydrogens is 280 g/mol. The zero-order chi connectivity index (χ0) is 12.5. The van der Waals surface area contributed by atoms with Crippen molar-refractivity contribution >= 4 is 43.0 Å². The number of thiophene rings is 1. The van der Waals surface area contributed by atoms with Gasteiger partial charge in [-0.05, 0) is 6.07 Å². The molecule has 0 bridgehead atoms. The lowest BCUT2D eigenvalue weighted by Crippen LogP contribution is -2.03. The maximum Gasteiger partial charge on any atom is 0.349 e. The first-order chi connectivity index (χ1) is 7.27. The molecule has 0 atom stereocenters. The quantitative estimate of drug-likeness (QED) is 0.661. The molecule has 0 spiro atoms. The topological polar surface area (TPSA) is 97.7 Å². The number of halogens is 1. The standard InChI is InChI=1S/C7H5ClO6S2/c1-14-7(11)5-4(16(8,12)13)2-3(15-5)6(9)10/h2H,1H3,(H,9,10). The summed E-state index contributed by atoms with van der Waals surface area (Å²) < 4.78 is 26.5. The van der Waals surface area contributed by atoms with E-state index in [0.29, 0.717) is 11.3 Å². The van der Waals surface area contributed by atoms with Crippen LogP contribution in [0.3, 0.4) is 0 Å². The molecule has 6 nitrogen and oxygen atoms in total. The van der Waals surface area contributed by atoms with E-state index in [1.807, 2.05) is 0 Å². The molecule has 88 valence electrons. The van der Waals surface area contributed by atoms with E-state index in [2.05, 4.69) is 4.74 Å². The summed E-state index contributed by atoms with van der Waals surface area (Å²) in [5.41, 5.74) is 0. The van der Waals surface area contributed by atoms with Crippen LogP contribution in [0, 0.1) is 0 Å². The number of carbonyl (C=O) groups is 2. The molecule has 1 heterocycles. The van der Waals surface area contributed by atoms with Crippen LogP contribution in [0.2, 0.25) is 0 Å². The van der Waals surface area contributed by atoms with Gasteiger partial charge in [-0.1, -0.05) is 0 Å². The minimum absolute atomic E-state index is 0.306. The van der Waals surface area contributed by atoms with Gasteiger partial charge in [0, 0.05) is 10.7 Å². The number of hydrogen-bond donors (Lipinski definition) is 1. The van der Waals surface area contributed by atoms with E-state index in [0.717, 1.165) is 13.2 Å². The molecule has 1 aromatic rings. The molecule has 0 aliphatic carbocycles. The Morgan fingerprint density at radius 1 is 1.50 bits per heavy atom. The summed E-state index contributed by atoms with van der Waals surface area (Å²) in [5, 5.41) is 8.66. The summed E-state index contributed by atoms with van der Waals surface area (Å²) >= 11 is 0.489. The van der Waals surface area contributed by atoms with Crippen molar-refractivity contribution in [3.8, 4) is 0 Å². The van der Waals surface area contributed by atoms with E-state index in [1.54, 1.807) is 0 Å². The van der Waals surface area contributed by atoms with Crippen molar-refractivity contribution in [2.75, 3.05) is 7.11 Å². The van der Waals surface area contributed by atoms with Crippen molar-refractivity contribution < 1.29 is 27.9 Å². The van der Waals surface area contributed by atoms with Crippen LogP contribution in [0.15, 0.2) is 11.0 Å². The Morgan fingerprint density at radius 3 is 2.44 bits per heavy atom. The van der Waals surface area contributed by atoms with Crippen LogP contribution in [-0.2, 0) is 13.8 Å². The lowest BCUT2D eigenvalue weighted by molar-refractivity contribution is 0.0601. The number of carboxylic acids is 1. The van der Waals surface area contributed by atoms with Crippen LogP contribution in [0.5, 0.6) is 0 Å². The molecule has 0 amide bonds.